The van der Waals surface area contributed by atoms with E-state index in [4.69, 9.17) is 14.0 Å². The van der Waals surface area contributed by atoms with Gasteiger partial charge in [0, 0.05) is 51.0 Å². The van der Waals surface area contributed by atoms with Gasteiger partial charge in [-0.05, 0) is 38.8 Å². The summed E-state index contributed by atoms with van der Waals surface area (Å²) in [6.45, 7) is 6.06. The minimum atomic E-state index is 0. The van der Waals surface area contributed by atoms with Crippen LogP contribution in [0, 0.1) is 13.8 Å². The highest BCUT2D eigenvalue weighted by atomic mass is 127. The molecule has 2 aromatic rings. The van der Waals surface area contributed by atoms with Gasteiger partial charge in [-0.3, -0.25) is 4.99 Å². The number of rotatable bonds is 10. The molecule has 0 fully saturated rings. The van der Waals surface area contributed by atoms with Gasteiger partial charge in [0.1, 0.15) is 11.5 Å². The van der Waals surface area contributed by atoms with Crippen molar-refractivity contribution in [3.05, 3.63) is 41.3 Å². The fraction of sp³-hybridized carbons (Fsp3) is 0.500. The first-order chi connectivity index (χ1) is 13.1. The molecule has 0 unspecified atom stereocenters. The van der Waals surface area contributed by atoms with Gasteiger partial charge in [0.25, 0.3) is 0 Å². The van der Waals surface area contributed by atoms with Crippen LogP contribution >= 0.6 is 24.0 Å². The number of anilines is 1. The standard InChI is InChI=1S/C20H30N4O3.HI/c1-15-19(16(2)27-24-15)10-6-11-22-20(21-3)23-17-8-5-9-18(14-17)26-13-7-12-25-4;/h5,8-9,14H,6-7,10-13H2,1-4H3,(H2,21,22,23);1H. The third-order valence-electron chi connectivity index (χ3n) is 4.16. The number of nitrogens with one attached hydrogen (secondary N) is 2. The van der Waals surface area contributed by atoms with E-state index >= 15 is 0 Å². The van der Waals surface area contributed by atoms with Crippen molar-refractivity contribution < 1.29 is 14.0 Å². The number of guanidine groups is 1. The summed E-state index contributed by atoms with van der Waals surface area (Å²) in [5.41, 5.74) is 3.09. The molecule has 0 spiro atoms. The third-order valence-corrected chi connectivity index (χ3v) is 4.16. The molecule has 1 heterocycles. The van der Waals surface area contributed by atoms with Crippen LogP contribution < -0.4 is 15.4 Å². The van der Waals surface area contributed by atoms with Crippen molar-refractivity contribution in [2.75, 3.05) is 39.2 Å². The molecule has 8 heteroatoms. The number of benzene rings is 1. The first kappa shape index (κ1) is 24.2. The van der Waals surface area contributed by atoms with Crippen LogP contribution in [0.25, 0.3) is 0 Å². The SMILES string of the molecule is CN=C(NCCCc1c(C)noc1C)Nc1cccc(OCCCOC)c1.I. The summed E-state index contributed by atoms with van der Waals surface area (Å²) >= 11 is 0. The predicted octanol–water partition coefficient (Wildman–Crippen LogP) is 3.94. The Bertz CT molecular complexity index is 714. The Kier molecular flexibility index (Phi) is 11.6. The van der Waals surface area contributed by atoms with E-state index in [2.05, 4.69) is 20.8 Å². The molecule has 0 saturated heterocycles. The molecule has 0 aliphatic heterocycles. The zero-order valence-corrected chi connectivity index (χ0v) is 19.4. The minimum Gasteiger partial charge on any atom is -0.493 e. The van der Waals surface area contributed by atoms with Crippen LogP contribution in [0.4, 0.5) is 5.69 Å². The Morgan fingerprint density at radius 2 is 2.04 bits per heavy atom. The highest BCUT2D eigenvalue weighted by molar-refractivity contribution is 14.0. The van der Waals surface area contributed by atoms with E-state index in [0.717, 1.165) is 54.7 Å². The number of aromatic nitrogens is 1. The second-order valence-electron chi connectivity index (χ2n) is 6.25. The van der Waals surface area contributed by atoms with Crippen LogP contribution in [0.3, 0.4) is 0 Å². The fourth-order valence-corrected chi connectivity index (χ4v) is 2.70. The molecule has 2 N–H and O–H groups in total. The van der Waals surface area contributed by atoms with E-state index in [1.54, 1.807) is 14.2 Å². The lowest BCUT2D eigenvalue weighted by atomic mass is 10.1. The lowest BCUT2D eigenvalue weighted by Crippen LogP contribution is -2.31. The Morgan fingerprint density at radius 1 is 1.21 bits per heavy atom. The average molecular weight is 502 g/mol. The van der Waals surface area contributed by atoms with Crippen LogP contribution in [0.5, 0.6) is 5.75 Å². The summed E-state index contributed by atoms with van der Waals surface area (Å²) in [5.74, 6) is 2.45. The Labute approximate surface area is 184 Å². The minimum absolute atomic E-state index is 0. The molecule has 0 bridgehead atoms. The molecule has 0 radical (unpaired) electrons. The zero-order chi connectivity index (χ0) is 19.5. The fourth-order valence-electron chi connectivity index (χ4n) is 2.70. The van der Waals surface area contributed by atoms with Gasteiger partial charge in [0.15, 0.2) is 5.96 Å². The first-order valence-corrected chi connectivity index (χ1v) is 9.25. The number of ether oxygens (including phenoxy) is 2. The Balaban J connectivity index is 0.00000392. The third kappa shape index (κ3) is 8.05. The van der Waals surface area contributed by atoms with Crippen molar-refractivity contribution in [3.8, 4) is 5.75 Å². The summed E-state index contributed by atoms with van der Waals surface area (Å²) < 4.78 is 16.0. The number of methoxy groups -OCH3 is 1. The lowest BCUT2D eigenvalue weighted by molar-refractivity contribution is 0.172. The highest BCUT2D eigenvalue weighted by Gasteiger charge is 2.08. The first-order valence-electron chi connectivity index (χ1n) is 9.25. The zero-order valence-electron chi connectivity index (χ0n) is 17.1. The van der Waals surface area contributed by atoms with Crippen LogP contribution in [0.15, 0.2) is 33.8 Å². The maximum atomic E-state index is 5.73. The molecule has 0 atom stereocenters. The normalized spacial score (nSPS) is 11.1. The highest BCUT2D eigenvalue weighted by Crippen LogP contribution is 2.17. The van der Waals surface area contributed by atoms with Gasteiger partial charge in [0.05, 0.1) is 12.3 Å². The largest absolute Gasteiger partial charge is 0.493 e. The lowest BCUT2D eigenvalue weighted by Gasteiger charge is -2.13. The van der Waals surface area contributed by atoms with Crippen LogP contribution in [0.1, 0.15) is 29.9 Å². The number of nitrogens with zero attached hydrogens (tertiary/aromatic N) is 2. The van der Waals surface area contributed by atoms with Gasteiger partial charge in [-0.1, -0.05) is 11.2 Å². The summed E-state index contributed by atoms with van der Waals surface area (Å²) in [6, 6.07) is 7.85. The predicted molar refractivity (Wildman–Crippen MR) is 123 cm³/mol. The van der Waals surface area contributed by atoms with E-state index in [-0.39, 0.29) is 24.0 Å². The molecule has 0 aliphatic rings. The number of aryl methyl sites for hydroxylation is 2. The molecule has 28 heavy (non-hydrogen) atoms. The van der Waals surface area contributed by atoms with E-state index in [9.17, 15) is 0 Å². The second-order valence-corrected chi connectivity index (χ2v) is 6.25. The van der Waals surface area contributed by atoms with Crippen molar-refractivity contribution >= 4 is 35.6 Å². The molecule has 156 valence electrons. The van der Waals surface area contributed by atoms with Crippen molar-refractivity contribution in [1.29, 1.82) is 0 Å². The molecule has 0 aliphatic carbocycles. The molecule has 2 rings (SSSR count). The summed E-state index contributed by atoms with van der Waals surface area (Å²) in [6.07, 6.45) is 2.75. The van der Waals surface area contributed by atoms with E-state index in [1.807, 2.05) is 38.1 Å². The Hall–Kier alpha value is -1.81. The van der Waals surface area contributed by atoms with Gasteiger partial charge < -0.3 is 24.6 Å². The summed E-state index contributed by atoms with van der Waals surface area (Å²) in [7, 11) is 3.45. The van der Waals surface area contributed by atoms with Crippen molar-refractivity contribution in [2.45, 2.75) is 33.1 Å². The maximum absolute atomic E-state index is 5.73. The molecule has 7 nitrogen and oxygen atoms in total. The maximum Gasteiger partial charge on any atom is 0.195 e. The second kappa shape index (κ2) is 13.4. The van der Waals surface area contributed by atoms with E-state index in [1.165, 1.54) is 5.56 Å². The topological polar surface area (TPSA) is 80.9 Å². The van der Waals surface area contributed by atoms with Gasteiger partial charge in [-0.2, -0.15) is 0 Å². The molecular formula is C20H31IN4O3. The van der Waals surface area contributed by atoms with Gasteiger partial charge in [-0.15, -0.1) is 24.0 Å². The van der Waals surface area contributed by atoms with Crippen LogP contribution in [-0.2, 0) is 11.2 Å². The summed E-state index contributed by atoms with van der Waals surface area (Å²) in [4.78, 5) is 4.28. The van der Waals surface area contributed by atoms with E-state index < -0.39 is 0 Å². The molecule has 1 aromatic heterocycles. The van der Waals surface area contributed by atoms with Crippen molar-refractivity contribution in [3.63, 3.8) is 0 Å². The molecular weight excluding hydrogens is 471 g/mol. The molecule has 0 saturated carbocycles. The van der Waals surface area contributed by atoms with Crippen LogP contribution in [0.2, 0.25) is 0 Å². The summed E-state index contributed by atoms with van der Waals surface area (Å²) in [5, 5.41) is 10.6. The monoisotopic (exact) mass is 502 g/mol. The van der Waals surface area contributed by atoms with E-state index in [0.29, 0.717) is 13.2 Å². The smallest absolute Gasteiger partial charge is 0.195 e. The van der Waals surface area contributed by atoms with Crippen molar-refractivity contribution in [1.82, 2.24) is 10.5 Å². The quantitative estimate of drug-likeness (QED) is 0.222. The molecule has 1 aromatic carbocycles. The van der Waals surface area contributed by atoms with Gasteiger partial charge >= 0.3 is 0 Å². The average Bonchev–Trinajstić information content (AvgIpc) is 2.99. The molecule has 0 amide bonds. The number of halogens is 1. The van der Waals surface area contributed by atoms with Gasteiger partial charge in [-0.25, -0.2) is 0 Å². The number of hydrogen-bond donors (Lipinski definition) is 2. The Morgan fingerprint density at radius 3 is 2.71 bits per heavy atom. The van der Waals surface area contributed by atoms with Crippen LogP contribution in [-0.4, -0.2) is 45.0 Å². The number of hydrogen-bond acceptors (Lipinski definition) is 5. The number of aliphatic imine (C=N–C) groups is 1. The van der Waals surface area contributed by atoms with Crippen molar-refractivity contribution in [2.24, 2.45) is 4.99 Å². The van der Waals surface area contributed by atoms with Gasteiger partial charge in [0.2, 0.25) is 0 Å².